The average molecular weight is 831 g/mol. The lowest BCUT2D eigenvalue weighted by Gasteiger charge is -2.30. The number of carboxylic acid groups (broad SMARTS) is 2. The number of carbonyl (C=O) groups is 2. The van der Waals surface area contributed by atoms with Crippen LogP contribution in [0.25, 0.3) is 9.94 Å². The van der Waals surface area contributed by atoms with Crippen molar-refractivity contribution in [3.05, 3.63) is 106 Å². The molecule has 2 N–H and O–H groups in total. The zero-order valence-electron chi connectivity index (χ0n) is 32.5. The van der Waals surface area contributed by atoms with E-state index in [1.54, 1.807) is 60.3 Å². The number of aliphatic carboxylic acids is 2. The van der Waals surface area contributed by atoms with Crippen LogP contribution in [0.5, 0.6) is 46.0 Å². The Morgan fingerprint density at radius 2 is 1.14 bits per heavy atom. The third-order valence-electron chi connectivity index (χ3n) is 9.23. The Hall–Kier alpha value is -5.66. The van der Waals surface area contributed by atoms with Crippen LogP contribution in [0.1, 0.15) is 81.9 Å². The van der Waals surface area contributed by atoms with Crippen molar-refractivity contribution in [2.24, 2.45) is 0 Å². The molecule has 0 aliphatic carbocycles. The number of ether oxygens (including phenoxy) is 8. The summed E-state index contributed by atoms with van der Waals surface area (Å²) in [7, 11) is 0. The largest absolute Gasteiger partial charge is 0.491 e. The number of thioether (sulfide) groups is 1. The second-order valence-corrected chi connectivity index (χ2v) is 15.6. The summed E-state index contributed by atoms with van der Waals surface area (Å²) in [5.74, 6) is 3.49. The first-order valence-electron chi connectivity index (χ1n) is 18.9. The lowest BCUT2D eigenvalue weighted by atomic mass is 9.95. The zero-order chi connectivity index (χ0) is 41.1. The number of benzene rings is 4. The molecule has 14 heteroatoms. The summed E-state index contributed by atoms with van der Waals surface area (Å²) in [5.41, 5.74) is 2.77. The number of rotatable bonds is 12. The average Bonchev–Trinajstić information content (AvgIpc) is 3.87. The van der Waals surface area contributed by atoms with Gasteiger partial charge in [0.2, 0.25) is 13.6 Å². The van der Waals surface area contributed by atoms with Crippen molar-refractivity contribution >= 4 is 45.2 Å². The fourth-order valence-electron chi connectivity index (χ4n) is 6.67. The molecule has 304 valence electrons. The maximum atomic E-state index is 12.4. The highest BCUT2D eigenvalue weighted by Crippen LogP contribution is 2.50. The van der Waals surface area contributed by atoms with Crippen LogP contribution in [-0.2, 0) is 9.59 Å². The predicted molar refractivity (Wildman–Crippen MR) is 219 cm³/mol. The molecule has 4 aromatic carbocycles. The van der Waals surface area contributed by atoms with E-state index in [1.165, 1.54) is 0 Å². The minimum absolute atomic E-state index is 0.0167. The van der Waals surface area contributed by atoms with Crippen LogP contribution in [0.4, 0.5) is 0 Å². The molecule has 58 heavy (non-hydrogen) atoms. The Morgan fingerprint density at radius 3 is 1.64 bits per heavy atom. The Balaban J connectivity index is 0.000000178. The minimum atomic E-state index is -1.15. The van der Waals surface area contributed by atoms with Crippen LogP contribution in [0.2, 0.25) is 0 Å². The van der Waals surface area contributed by atoms with Gasteiger partial charge in [-0.15, -0.1) is 11.8 Å². The third kappa shape index (κ3) is 8.60. The molecule has 0 saturated carbocycles. The van der Waals surface area contributed by atoms with E-state index < -0.39 is 24.1 Å². The SMILES string of the molecule is CC(C)Oc1ccc2c(c1)C(Cl)=C(C(=O)O)C(c1ccc3c(c1)OCO3)O2.CCCCSC1=C(C(=O)O)C(c2ccc3c(c2)OCO3)Oc2ccc(OC(C)C)cc21. The molecule has 8 rings (SSSR count). The summed E-state index contributed by atoms with van der Waals surface area (Å²) < 4.78 is 45.3. The highest BCUT2D eigenvalue weighted by atomic mass is 35.5. The zero-order valence-corrected chi connectivity index (χ0v) is 34.1. The van der Waals surface area contributed by atoms with Crippen LogP contribution in [0, 0.1) is 0 Å². The second-order valence-electron chi connectivity index (χ2n) is 14.2. The Labute approximate surface area is 345 Å². The van der Waals surface area contributed by atoms with Gasteiger partial charge in [-0.3, -0.25) is 0 Å². The lowest BCUT2D eigenvalue weighted by molar-refractivity contribution is -0.134. The molecule has 0 amide bonds. The quantitative estimate of drug-likeness (QED) is 0.131. The van der Waals surface area contributed by atoms with Crippen molar-refractivity contribution in [2.75, 3.05) is 19.3 Å². The van der Waals surface area contributed by atoms with Gasteiger partial charge in [0.05, 0.1) is 22.8 Å². The van der Waals surface area contributed by atoms with Crippen LogP contribution < -0.4 is 37.9 Å². The molecule has 4 heterocycles. The molecular weight excluding hydrogens is 788 g/mol. The van der Waals surface area contributed by atoms with E-state index >= 15 is 0 Å². The highest BCUT2D eigenvalue weighted by Gasteiger charge is 2.37. The standard InChI is InChI=1S/C24H26O6S.C20H17ClO6/c1-4-5-10-31-23-17-12-16(29-14(2)3)7-9-18(17)30-22(21(23)24(25)26)15-6-8-19-20(11-15)28-13-27-19;1-10(2)26-12-4-6-14-13(8-12)18(21)17(20(22)23)19(27-14)11-3-5-15-16(7-11)25-9-24-15/h6-9,11-12,14,22H,4-5,10,13H2,1-3H3,(H,25,26);3-8,10,19H,9H2,1-2H3,(H,22,23). The first-order chi connectivity index (χ1) is 27.9. The molecule has 2 unspecified atom stereocenters. The van der Waals surface area contributed by atoms with Crippen molar-refractivity contribution in [3.8, 4) is 46.0 Å². The summed E-state index contributed by atoms with van der Waals surface area (Å²) in [4.78, 5) is 25.1. The van der Waals surface area contributed by atoms with Crippen LogP contribution in [0.15, 0.2) is 83.9 Å². The molecule has 0 fully saturated rings. The molecule has 0 radical (unpaired) electrons. The fraction of sp³-hybridized carbons (Fsp3) is 0.318. The van der Waals surface area contributed by atoms with E-state index in [0.717, 1.165) is 29.1 Å². The van der Waals surface area contributed by atoms with Crippen molar-refractivity contribution in [1.29, 1.82) is 0 Å². The first-order valence-corrected chi connectivity index (χ1v) is 20.3. The van der Waals surface area contributed by atoms with Gasteiger partial charge in [0.1, 0.15) is 28.6 Å². The molecule has 4 aliphatic rings. The number of hydrogen-bond donors (Lipinski definition) is 2. The van der Waals surface area contributed by atoms with Gasteiger partial charge >= 0.3 is 11.9 Å². The third-order valence-corrected chi connectivity index (χ3v) is 10.9. The molecule has 0 bridgehead atoms. The smallest absolute Gasteiger partial charge is 0.337 e. The Morgan fingerprint density at radius 1 is 0.672 bits per heavy atom. The van der Waals surface area contributed by atoms with Crippen molar-refractivity contribution in [1.82, 2.24) is 0 Å². The van der Waals surface area contributed by atoms with Gasteiger partial charge in [0, 0.05) is 27.2 Å². The van der Waals surface area contributed by atoms with Gasteiger partial charge in [-0.2, -0.15) is 0 Å². The van der Waals surface area contributed by atoms with Gasteiger partial charge in [-0.25, -0.2) is 9.59 Å². The van der Waals surface area contributed by atoms with E-state index in [4.69, 9.17) is 49.5 Å². The molecule has 2 atom stereocenters. The van der Waals surface area contributed by atoms with Gasteiger partial charge < -0.3 is 48.1 Å². The number of carboxylic acids is 2. The molecule has 12 nitrogen and oxygen atoms in total. The maximum absolute atomic E-state index is 12.4. The molecule has 0 aromatic heterocycles. The van der Waals surface area contributed by atoms with Crippen LogP contribution in [0.3, 0.4) is 0 Å². The number of hydrogen-bond acceptors (Lipinski definition) is 11. The maximum Gasteiger partial charge on any atom is 0.337 e. The van der Waals surface area contributed by atoms with E-state index in [2.05, 4.69) is 6.92 Å². The first kappa shape index (κ1) is 40.5. The minimum Gasteiger partial charge on any atom is -0.491 e. The number of fused-ring (bicyclic) bond motifs is 4. The Bertz CT molecular complexity index is 2280. The second kappa shape index (κ2) is 17.5. The molecule has 4 aliphatic heterocycles. The van der Waals surface area contributed by atoms with Crippen LogP contribution in [-0.4, -0.2) is 53.7 Å². The van der Waals surface area contributed by atoms with E-state index in [1.807, 2.05) is 52.0 Å². The molecular formula is C44H43ClO12S. The van der Waals surface area contributed by atoms with Crippen LogP contribution >= 0.6 is 23.4 Å². The Kier molecular flexibility index (Phi) is 12.2. The summed E-state index contributed by atoms with van der Waals surface area (Å²) >= 11 is 8.05. The normalized spacial score (nSPS) is 17.2. The summed E-state index contributed by atoms with van der Waals surface area (Å²) in [5, 5.41) is 20.1. The molecule has 4 aromatic rings. The van der Waals surface area contributed by atoms with E-state index in [0.29, 0.717) is 62.7 Å². The van der Waals surface area contributed by atoms with Gasteiger partial charge in [0.25, 0.3) is 0 Å². The summed E-state index contributed by atoms with van der Waals surface area (Å²) in [6.07, 6.45) is 0.412. The monoisotopic (exact) mass is 830 g/mol. The summed E-state index contributed by atoms with van der Waals surface area (Å²) in [6.45, 7) is 10.1. The van der Waals surface area contributed by atoms with Gasteiger partial charge in [-0.05, 0) is 101 Å². The summed E-state index contributed by atoms with van der Waals surface area (Å²) in [6, 6.07) is 21.4. The van der Waals surface area contributed by atoms with E-state index in [-0.39, 0.29) is 42.0 Å². The number of halogens is 1. The van der Waals surface area contributed by atoms with Gasteiger partial charge in [0.15, 0.2) is 35.2 Å². The van der Waals surface area contributed by atoms with Gasteiger partial charge in [-0.1, -0.05) is 37.1 Å². The fourth-order valence-corrected chi connectivity index (χ4v) is 8.30. The van der Waals surface area contributed by atoms with Crippen molar-refractivity contribution in [2.45, 2.75) is 71.9 Å². The lowest BCUT2D eigenvalue weighted by Crippen LogP contribution is -2.22. The van der Waals surface area contributed by atoms with Crippen molar-refractivity contribution < 1.29 is 57.7 Å². The highest BCUT2D eigenvalue weighted by molar-refractivity contribution is 8.08. The topological polar surface area (TPSA) is 148 Å². The number of unbranched alkanes of at least 4 members (excludes halogenated alkanes) is 1. The molecule has 0 spiro atoms. The predicted octanol–water partition coefficient (Wildman–Crippen LogP) is 10.0. The molecule has 0 saturated heterocycles. The van der Waals surface area contributed by atoms with Crippen molar-refractivity contribution in [3.63, 3.8) is 0 Å². The van der Waals surface area contributed by atoms with E-state index in [9.17, 15) is 19.8 Å².